The third kappa shape index (κ3) is 2.73. The van der Waals surface area contributed by atoms with Gasteiger partial charge in [0.15, 0.2) is 0 Å². The molecule has 0 saturated carbocycles. The van der Waals surface area contributed by atoms with E-state index in [1.54, 1.807) is 0 Å². The first-order chi connectivity index (χ1) is 9.71. The molecule has 1 aromatic carbocycles. The highest BCUT2D eigenvalue weighted by Gasteiger charge is 2.32. The smallest absolute Gasteiger partial charge is 0.416 e. The SMILES string of the molecule is O=C(O)c1cc(C(F)(F)F)ccc1-n1cccc1C(=O)O. The van der Waals surface area contributed by atoms with Crippen molar-refractivity contribution in [2.45, 2.75) is 6.18 Å². The summed E-state index contributed by atoms with van der Waals surface area (Å²) >= 11 is 0. The van der Waals surface area contributed by atoms with Crippen LogP contribution in [-0.2, 0) is 6.18 Å². The highest BCUT2D eigenvalue weighted by molar-refractivity contribution is 5.93. The maximum atomic E-state index is 12.6. The van der Waals surface area contributed by atoms with Crippen molar-refractivity contribution in [3.05, 3.63) is 53.3 Å². The summed E-state index contributed by atoms with van der Waals surface area (Å²) in [6, 6.07) is 4.67. The van der Waals surface area contributed by atoms with Crippen molar-refractivity contribution in [1.29, 1.82) is 0 Å². The van der Waals surface area contributed by atoms with E-state index >= 15 is 0 Å². The number of carboxylic acids is 2. The number of nitrogens with zero attached hydrogens (tertiary/aromatic N) is 1. The summed E-state index contributed by atoms with van der Waals surface area (Å²) in [6.07, 6.45) is -3.42. The van der Waals surface area contributed by atoms with Gasteiger partial charge in [0.2, 0.25) is 0 Å². The van der Waals surface area contributed by atoms with Gasteiger partial charge < -0.3 is 14.8 Å². The Labute approximate surface area is 115 Å². The van der Waals surface area contributed by atoms with Gasteiger partial charge in [-0.05, 0) is 30.3 Å². The van der Waals surface area contributed by atoms with Crippen LogP contribution < -0.4 is 0 Å². The molecule has 8 heteroatoms. The number of rotatable bonds is 3. The van der Waals surface area contributed by atoms with Crippen molar-refractivity contribution in [1.82, 2.24) is 4.57 Å². The van der Waals surface area contributed by atoms with E-state index in [-0.39, 0.29) is 11.4 Å². The Bertz CT molecular complexity index is 718. The van der Waals surface area contributed by atoms with Crippen molar-refractivity contribution < 1.29 is 33.0 Å². The summed E-state index contributed by atoms with van der Waals surface area (Å²) in [6.45, 7) is 0. The summed E-state index contributed by atoms with van der Waals surface area (Å²) in [4.78, 5) is 22.2. The molecule has 2 N–H and O–H groups in total. The standard InChI is InChI=1S/C13H8F3NO4/c14-13(15,16)7-3-4-9(8(6-7)11(18)19)17-5-1-2-10(17)12(20)21/h1-6H,(H,18,19)(H,20,21). The molecule has 0 amide bonds. The molecule has 0 radical (unpaired) electrons. The van der Waals surface area contributed by atoms with Crippen LogP contribution in [0.2, 0.25) is 0 Å². The molecule has 0 aliphatic rings. The predicted molar refractivity (Wildman–Crippen MR) is 64.7 cm³/mol. The molecule has 1 heterocycles. The number of alkyl halides is 3. The van der Waals surface area contributed by atoms with E-state index in [2.05, 4.69) is 0 Å². The minimum atomic E-state index is -4.69. The summed E-state index contributed by atoms with van der Waals surface area (Å²) in [5, 5.41) is 18.0. The zero-order valence-electron chi connectivity index (χ0n) is 10.3. The zero-order valence-corrected chi connectivity index (χ0v) is 10.3. The molecule has 0 aliphatic carbocycles. The minimum Gasteiger partial charge on any atom is -0.478 e. The third-order valence-corrected chi connectivity index (χ3v) is 2.78. The molecular weight excluding hydrogens is 291 g/mol. The number of carbonyl (C=O) groups is 2. The van der Waals surface area contributed by atoms with Gasteiger partial charge in [-0.2, -0.15) is 13.2 Å². The molecule has 110 valence electrons. The Morgan fingerprint density at radius 1 is 1.05 bits per heavy atom. The van der Waals surface area contributed by atoms with Gasteiger partial charge in [-0.15, -0.1) is 0 Å². The van der Waals surface area contributed by atoms with Crippen LogP contribution in [0, 0.1) is 0 Å². The van der Waals surface area contributed by atoms with E-state index in [9.17, 15) is 22.8 Å². The number of carboxylic acid groups (broad SMARTS) is 2. The van der Waals surface area contributed by atoms with Crippen LogP contribution in [0.1, 0.15) is 26.4 Å². The van der Waals surface area contributed by atoms with Crippen LogP contribution in [0.25, 0.3) is 5.69 Å². The highest BCUT2D eigenvalue weighted by atomic mass is 19.4. The monoisotopic (exact) mass is 299 g/mol. The molecule has 2 rings (SSSR count). The number of benzene rings is 1. The molecule has 0 aliphatic heterocycles. The lowest BCUT2D eigenvalue weighted by Gasteiger charge is -2.13. The molecule has 2 aromatic rings. The van der Waals surface area contributed by atoms with Crippen molar-refractivity contribution in [2.24, 2.45) is 0 Å². The van der Waals surface area contributed by atoms with Crippen molar-refractivity contribution in [3.63, 3.8) is 0 Å². The topological polar surface area (TPSA) is 79.5 Å². The molecule has 0 fully saturated rings. The van der Waals surface area contributed by atoms with Gasteiger partial charge in [0.1, 0.15) is 5.69 Å². The zero-order chi connectivity index (χ0) is 15.8. The number of aromatic nitrogens is 1. The Hall–Kier alpha value is -2.77. The van der Waals surface area contributed by atoms with E-state index in [0.29, 0.717) is 12.1 Å². The Balaban J connectivity index is 2.67. The second-order valence-electron chi connectivity index (χ2n) is 4.10. The third-order valence-electron chi connectivity index (χ3n) is 2.78. The highest BCUT2D eigenvalue weighted by Crippen LogP contribution is 2.31. The first-order valence-electron chi connectivity index (χ1n) is 5.57. The average molecular weight is 299 g/mol. The van der Waals surface area contributed by atoms with Crippen LogP contribution in [-0.4, -0.2) is 26.7 Å². The lowest BCUT2D eigenvalue weighted by Crippen LogP contribution is -2.13. The minimum absolute atomic E-state index is 0.155. The predicted octanol–water partition coefficient (Wildman–Crippen LogP) is 2.89. The molecule has 0 spiro atoms. The average Bonchev–Trinajstić information content (AvgIpc) is 2.85. The lowest BCUT2D eigenvalue weighted by atomic mass is 10.1. The van der Waals surface area contributed by atoms with E-state index in [1.807, 2.05) is 0 Å². The van der Waals surface area contributed by atoms with Crippen molar-refractivity contribution in [2.75, 3.05) is 0 Å². The molecular formula is C13H8F3NO4. The second-order valence-corrected chi connectivity index (χ2v) is 4.10. The van der Waals surface area contributed by atoms with Gasteiger partial charge >= 0.3 is 18.1 Å². The molecule has 1 aromatic heterocycles. The number of hydrogen-bond donors (Lipinski definition) is 2. The van der Waals surface area contributed by atoms with Gasteiger partial charge in [-0.1, -0.05) is 0 Å². The maximum Gasteiger partial charge on any atom is 0.416 e. The summed E-state index contributed by atoms with van der Waals surface area (Å²) in [5.41, 5.74) is -2.16. The quantitative estimate of drug-likeness (QED) is 0.913. The number of halogens is 3. The van der Waals surface area contributed by atoms with E-state index in [1.165, 1.54) is 18.3 Å². The molecule has 0 bridgehead atoms. The van der Waals surface area contributed by atoms with Crippen LogP contribution >= 0.6 is 0 Å². The van der Waals surface area contributed by atoms with Gasteiger partial charge in [0.25, 0.3) is 0 Å². The van der Waals surface area contributed by atoms with E-state index in [0.717, 1.165) is 10.6 Å². The summed E-state index contributed by atoms with van der Waals surface area (Å²) in [7, 11) is 0. The van der Waals surface area contributed by atoms with Crippen LogP contribution in [0.4, 0.5) is 13.2 Å². The van der Waals surface area contributed by atoms with Gasteiger partial charge in [-0.3, -0.25) is 0 Å². The molecule has 5 nitrogen and oxygen atoms in total. The molecule has 0 unspecified atom stereocenters. The fourth-order valence-electron chi connectivity index (χ4n) is 1.86. The molecule has 0 saturated heterocycles. The first-order valence-corrected chi connectivity index (χ1v) is 5.57. The second kappa shape index (κ2) is 4.97. The Morgan fingerprint density at radius 3 is 2.24 bits per heavy atom. The van der Waals surface area contributed by atoms with E-state index in [4.69, 9.17) is 10.2 Å². The summed E-state index contributed by atoms with van der Waals surface area (Å²) < 4.78 is 38.9. The lowest BCUT2D eigenvalue weighted by molar-refractivity contribution is -0.137. The largest absolute Gasteiger partial charge is 0.478 e. The first kappa shape index (κ1) is 14.6. The molecule has 21 heavy (non-hydrogen) atoms. The normalized spacial score (nSPS) is 11.4. The van der Waals surface area contributed by atoms with E-state index < -0.39 is 29.2 Å². The van der Waals surface area contributed by atoms with Crippen LogP contribution in [0.15, 0.2) is 36.5 Å². The van der Waals surface area contributed by atoms with Crippen molar-refractivity contribution in [3.8, 4) is 5.69 Å². The fraction of sp³-hybridized carbons (Fsp3) is 0.0769. The molecule has 0 atom stereocenters. The van der Waals surface area contributed by atoms with Gasteiger partial charge in [0.05, 0.1) is 16.8 Å². The number of aromatic carboxylic acids is 2. The Kier molecular flexibility index (Phi) is 3.46. The fourth-order valence-corrected chi connectivity index (χ4v) is 1.86. The van der Waals surface area contributed by atoms with Crippen LogP contribution in [0.5, 0.6) is 0 Å². The maximum absolute atomic E-state index is 12.6. The van der Waals surface area contributed by atoms with Crippen molar-refractivity contribution >= 4 is 11.9 Å². The van der Waals surface area contributed by atoms with Gasteiger partial charge in [0, 0.05) is 6.20 Å². The Morgan fingerprint density at radius 2 is 1.71 bits per heavy atom. The number of hydrogen-bond acceptors (Lipinski definition) is 2. The summed E-state index contributed by atoms with van der Waals surface area (Å²) in [5.74, 6) is -2.91. The van der Waals surface area contributed by atoms with Gasteiger partial charge in [-0.25, -0.2) is 9.59 Å². The van der Waals surface area contributed by atoms with Crippen LogP contribution in [0.3, 0.4) is 0 Å².